The van der Waals surface area contributed by atoms with Crippen LogP contribution < -0.4 is 5.32 Å². The Morgan fingerprint density at radius 1 is 0.949 bits per heavy atom. The van der Waals surface area contributed by atoms with Crippen molar-refractivity contribution < 1.29 is 58.1 Å². The summed E-state index contributed by atoms with van der Waals surface area (Å²) in [6.45, 7) is 19.3. The minimum Gasteiger partial charge on any atom is -0.481 e. The molecule has 5 heterocycles. The molecule has 5 aliphatic heterocycles. The predicted molar refractivity (Wildman–Crippen MR) is 220 cm³/mol. The van der Waals surface area contributed by atoms with Gasteiger partial charge in [0.2, 0.25) is 0 Å². The van der Waals surface area contributed by atoms with Crippen molar-refractivity contribution in [3.63, 3.8) is 0 Å². The molecule has 0 aliphatic carbocycles. The lowest BCUT2D eigenvalue weighted by Crippen LogP contribution is -2.65. The molecule has 0 unspecified atom stereocenters. The summed E-state index contributed by atoms with van der Waals surface area (Å²) in [5.74, 6) is -3.92. The van der Waals surface area contributed by atoms with E-state index in [-0.39, 0.29) is 36.2 Å². The van der Waals surface area contributed by atoms with E-state index in [0.717, 1.165) is 6.42 Å². The van der Waals surface area contributed by atoms with Crippen LogP contribution in [0.5, 0.6) is 0 Å². The van der Waals surface area contributed by atoms with Gasteiger partial charge < -0.3 is 49.1 Å². The number of hydrogen-bond donors (Lipinski definition) is 4. The summed E-state index contributed by atoms with van der Waals surface area (Å²) in [5.41, 5.74) is -1.76. The van der Waals surface area contributed by atoms with E-state index < -0.39 is 95.1 Å². The quantitative estimate of drug-likeness (QED) is 0.110. The second-order valence-electron chi connectivity index (χ2n) is 18.9. The molecule has 13 heteroatoms. The van der Waals surface area contributed by atoms with Gasteiger partial charge in [-0.15, -0.1) is 6.42 Å². The third-order valence-electron chi connectivity index (χ3n) is 15.0. The first kappa shape index (κ1) is 47.5. The molecule has 4 fully saturated rings. The molecule has 0 aromatic rings. The molecule has 18 atom stereocenters. The van der Waals surface area contributed by atoms with Gasteiger partial charge in [0.15, 0.2) is 18.2 Å². The summed E-state index contributed by atoms with van der Waals surface area (Å²) < 4.78 is 39.4. The zero-order valence-corrected chi connectivity index (χ0v) is 37.1. The average Bonchev–Trinajstić information content (AvgIpc) is 3.54. The number of Topliss-reactive ketones (excluding diaryl/α,β-unsaturated/α-hetero) is 1. The molecule has 59 heavy (non-hydrogen) atoms. The van der Waals surface area contributed by atoms with Crippen molar-refractivity contribution in [2.45, 2.75) is 199 Å². The van der Waals surface area contributed by atoms with Crippen LogP contribution in [0.25, 0.3) is 0 Å². The number of rotatable bonds is 14. The molecular weight excluding hydrogens is 759 g/mol. The van der Waals surface area contributed by atoms with Crippen LogP contribution in [-0.2, 0) is 38.0 Å². The number of ketones is 1. The fourth-order valence-corrected chi connectivity index (χ4v) is 10.9. The molecule has 0 bridgehead atoms. The molecule has 5 aliphatic rings. The van der Waals surface area contributed by atoms with E-state index in [0.29, 0.717) is 57.8 Å². The van der Waals surface area contributed by atoms with Gasteiger partial charge in [0, 0.05) is 30.1 Å². The number of hydrogen-bond acceptors (Lipinski definition) is 11. The van der Waals surface area contributed by atoms with E-state index in [2.05, 4.69) is 25.1 Å². The summed E-state index contributed by atoms with van der Waals surface area (Å²) >= 11 is 0. The monoisotopic (exact) mass is 832 g/mol. The number of carboxylic acids is 1. The molecule has 334 valence electrons. The largest absolute Gasteiger partial charge is 0.481 e. The Kier molecular flexibility index (Phi) is 15.1. The lowest BCUT2D eigenvalue weighted by atomic mass is 9.72. The molecule has 2 spiro atoms. The smallest absolute Gasteiger partial charge is 0.408 e. The van der Waals surface area contributed by atoms with E-state index in [1.54, 1.807) is 6.92 Å². The Bertz CT molecular complexity index is 1570. The van der Waals surface area contributed by atoms with Crippen molar-refractivity contribution in [2.75, 3.05) is 6.61 Å². The van der Waals surface area contributed by atoms with Gasteiger partial charge in [0.25, 0.3) is 0 Å². The topological polar surface area (TPSA) is 179 Å². The van der Waals surface area contributed by atoms with Gasteiger partial charge in [-0.05, 0) is 89.5 Å². The second kappa shape index (κ2) is 18.8. The predicted octanol–water partition coefficient (Wildman–Crippen LogP) is 6.56. The molecule has 0 radical (unpaired) electrons. The number of amides is 1. The summed E-state index contributed by atoms with van der Waals surface area (Å²) in [6.07, 6.45) is 10.7. The van der Waals surface area contributed by atoms with Crippen molar-refractivity contribution >= 4 is 17.8 Å². The number of carboxylic acid groups (broad SMARTS) is 1. The zero-order chi connectivity index (χ0) is 43.7. The van der Waals surface area contributed by atoms with Crippen LogP contribution >= 0.6 is 0 Å². The Morgan fingerprint density at radius 3 is 2.25 bits per heavy atom. The molecule has 4 N–H and O–H groups in total. The van der Waals surface area contributed by atoms with Crippen LogP contribution in [0.3, 0.4) is 0 Å². The number of terminal acetylenes is 1. The van der Waals surface area contributed by atoms with Gasteiger partial charge >= 0.3 is 12.1 Å². The summed E-state index contributed by atoms with van der Waals surface area (Å²) in [4.78, 5) is 39.6. The maximum atomic E-state index is 14.6. The van der Waals surface area contributed by atoms with Gasteiger partial charge in [-0.2, -0.15) is 0 Å². The average molecular weight is 832 g/mol. The summed E-state index contributed by atoms with van der Waals surface area (Å²) in [7, 11) is 0. The summed E-state index contributed by atoms with van der Waals surface area (Å²) in [5, 5.41) is 35.7. The minimum atomic E-state index is -1.40. The van der Waals surface area contributed by atoms with Crippen LogP contribution in [0.4, 0.5) is 4.79 Å². The Labute approximate surface area is 352 Å². The van der Waals surface area contributed by atoms with Crippen molar-refractivity contribution in [3.8, 4) is 12.3 Å². The van der Waals surface area contributed by atoms with Crippen LogP contribution in [0.15, 0.2) is 12.2 Å². The van der Waals surface area contributed by atoms with Gasteiger partial charge in [-0.25, -0.2) is 4.79 Å². The summed E-state index contributed by atoms with van der Waals surface area (Å²) in [6, 6.07) is -0.783. The van der Waals surface area contributed by atoms with Gasteiger partial charge in [0.05, 0.1) is 53.7 Å². The molecule has 0 aromatic carbocycles. The van der Waals surface area contributed by atoms with Crippen molar-refractivity contribution in [2.24, 2.45) is 41.4 Å². The number of aliphatic hydroxyl groups excluding tert-OH is 1. The van der Waals surface area contributed by atoms with Gasteiger partial charge in [-0.1, -0.05) is 67.4 Å². The van der Waals surface area contributed by atoms with Crippen LogP contribution in [0, 0.1) is 53.8 Å². The molecular formula is C46H73NO12. The first-order valence-electron chi connectivity index (χ1n) is 22.4. The van der Waals surface area contributed by atoms with Crippen molar-refractivity contribution in [3.05, 3.63) is 12.2 Å². The number of aliphatic hydroxyl groups is 2. The van der Waals surface area contributed by atoms with E-state index in [1.807, 2.05) is 60.6 Å². The highest BCUT2D eigenvalue weighted by Crippen LogP contribution is 2.54. The highest BCUT2D eigenvalue weighted by molar-refractivity contribution is 5.84. The van der Waals surface area contributed by atoms with E-state index in [9.17, 15) is 29.7 Å². The number of carbonyl (C=O) groups excluding carboxylic acids is 2. The number of alkyl carbamates (subject to hydrolysis) is 1. The SMILES string of the molecule is C#CCOC(=O)N[C@@H]1C=C[C@]2(O[C@H]([C@@H](CC)C(=O)[C@@H](C)[C@@H](O)[C@H](C)[C@@H]3O[C@@H]([C@@H](CC)C(=O)O)CC[C@@H]3C)[C@@H](C)C[C@H]2C)O[C@@]12CC[C@@](C)([C@H]1CC[C@](O)(CC)[C@H](C)O1)O2. The molecule has 4 saturated heterocycles. The van der Waals surface area contributed by atoms with Gasteiger partial charge in [-0.3, -0.25) is 9.59 Å². The third-order valence-corrected chi connectivity index (χ3v) is 15.0. The van der Waals surface area contributed by atoms with Crippen molar-refractivity contribution in [1.29, 1.82) is 0 Å². The number of carbonyl (C=O) groups is 3. The standard InChI is InChI=1S/C46H73NO12/c1-12-24-54-42(52)47-35-18-21-45(59-46(35)23-22-43(11,58-46)36-19-20-44(53,15-4)31(10)55-36)28(7)25-27(6)40(57-45)33(14-3)38(49)29(8)37(48)30(9)39-26(5)16-17-34(56-39)32(13-2)41(50)51/h1,18,21,26-37,39-40,48,53H,13-17,19-20,22-25H2,2-11H3,(H,47,52)(H,50,51)/t26-,27-,28+,29-,30-,31-,32+,33-,34+,35+,36+,37+,39+,40-,43-,44+,45-,46-/m0/s1. The zero-order valence-electron chi connectivity index (χ0n) is 37.1. The number of aliphatic carboxylic acids is 1. The van der Waals surface area contributed by atoms with E-state index in [1.165, 1.54) is 0 Å². The van der Waals surface area contributed by atoms with Crippen LogP contribution in [-0.4, -0.2) is 105 Å². The van der Waals surface area contributed by atoms with Crippen molar-refractivity contribution in [1.82, 2.24) is 5.32 Å². The molecule has 1 amide bonds. The highest BCUT2D eigenvalue weighted by atomic mass is 16.8. The first-order chi connectivity index (χ1) is 27.7. The van der Waals surface area contributed by atoms with Crippen LogP contribution in [0.1, 0.15) is 133 Å². The van der Waals surface area contributed by atoms with E-state index >= 15 is 0 Å². The minimum absolute atomic E-state index is 0.0394. The molecule has 13 nitrogen and oxygen atoms in total. The molecule has 0 saturated carbocycles. The maximum absolute atomic E-state index is 14.6. The number of nitrogens with one attached hydrogen (secondary N) is 1. The highest BCUT2D eigenvalue weighted by Gasteiger charge is 2.63. The Hall–Kier alpha value is -2.57. The lowest BCUT2D eigenvalue weighted by Gasteiger charge is -2.55. The first-order valence-corrected chi connectivity index (χ1v) is 22.4. The maximum Gasteiger partial charge on any atom is 0.408 e. The Balaban J connectivity index is 1.38. The van der Waals surface area contributed by atoms with Gasteiger partial charge in [0.1, 0.15) is 11.8 Å². The second-order valence-corrected chi connectivity index (χ2v) is 18.9. The fourth-order valence-electron chi connectivity index (χ4n) is 10.9. The fraction of sp³-hybridized carbons (Fsp3) is 0.848. The molecule has 5 rings (SSSR count). The normalized spacial score (nSPS) is 42.3. The number of ether oxygens (including phenoxy) is 6. The Morgan fingerprint density at radius 2 is 1.64 bits per heavy atom. The molecule has 0 aromatic heterocycles. The lowest BCUT2D eigenvalue weighted by molar-refractivity contribution is -0.398. The van der Waals surface area contributed by atoms with Crippen LogP contribution in [0.2, 0.25) is 0 Å². The third kappa shape index (κ3) is 9.45. The van der Waals surface area contributed by atoms with E-state index in [4.69, 9.17) is 34.8 Å².